The highest BCUT2D eigenvalue weighted by atomic mass is 19.1. The topological polar surface area (TPSA) is 48.4 Å². The fourth-order valence-corrected chi connectivity index (χ4v) is 3.63. The van der Waals surface area contributed by atoms with Crippen LogP contribution in [0.4, 0.5) is 10.1 Å². The molecule has 0 aromatic heterocycles. The molecule has 0 spiro atoms. The normalized spacial score (nSPS) is 16.9. The number of amides is 1. The van der Waals surface area contributed by atoms with Gasteiger partial charge < -0.3 is 14.5 Å². The lowest BCUT2D eigenvalue weighted by Gasteiger charge is -2.38. The zero-order valence-corrected chi connectivity index (χ0v) is 15.8. The molecule has 2 aromatic rings. The number of benzene rings is 2. The highest BCUT2D eigenvalue weighted by molar-refractivity contribution is 6.06. The van der Waals surface area contributed by atoms with E-state index in [4.69, 9.17) is 4.74 Å². The first kappa shape index (κ1) is 18.3. The third-order valence-electron chi connectivity index (χ3n) is 5.13. The van der Waals surface area contributed by atoms with Crippen molar-refractivity contribution in [3.8, 4) is 5.75 Å². The lowest BCUT2D eigenvalue weighted by Crippen LogP contribution is -2.53. The molecule has 146 valence electrons. The molecule has 6 nitrogen and oxygen atoms in total. The molecule has 2 aliphatic rings. The number of methoxy groups -OCH3 is 1. The van der Waals surface area contributed by atoms with Crippen molar-refractivity contribution in [3.63, 3.8) is 0 Å². The molecule has 0 bridgehead atoms. The van der Waals surface area contributed by atoms with E-state index < -0.39 is 0 Å². The number of carbonyl (C=O) groups excluding carboxylic acids is 1. The molecule has 0 atom stereocenters. The second-order valence-electron chi connectivity index (χ2n) is 6.82. The van der Waals surface area contributed by atoms with Gasteiger partial charge in [-0.05, 0) is 42.5 Å². The van der Waals surface area contributed by atoms with E-state index >= 15 is 0 Å². The molecular formula is C21H23FN4O2. The first-order chi connectivity index (χ1) is 13.7. The Balaban J connectivity index is 1.43. The highest BCUT2D eigenvalue weighted by Crippen LogP contribution is 2.20. The summed E-state index contributed by atoms with van der Waals surface area (Å²) in [7, 11) is 1.59. The Hall–Kier alpha value is -3.09. The number of guanidine groups is 1. The van der Waals surface area contributed by atoms with Crippen LogP contribution in [0.15, 0.2) is 53.5 Å². The summed E-state index contributed by atoms with van der Waals surface area (Å²) in [5, 5.41) is 0. The number of anilines is 1. The summed E-state index contributed by atoms with van der Waals surface area (Å²) in [6.07, 6.45) is 0. The highest BCUT2D eigenvalue weighted by Gasteiger charge is 2.31. The zero-order valence-electron chi connectivity index (χ0n) is 15.8. The molecule has 0 saturated carbocycles. The molecule has 0 N–H and O–H groups in total. The molecule has 1 saturated heterocycles. The number of aliphatic imine (C=N–C) groups is 1. The molecule has 1 fully saturated rings. The minimum absolute atomic E-state index is 0.0592. The van der Waals surface area contributed by atoms with Crippen LogP contribution in [0.1, 0.15) is 10.4 Å². The van der Waals surface area contributed by atoms with Gasteiger partial charge in [0.25, 0.3) is 5.91 Å². The summed E-state index contributed by atoms with van der Waals surface area (Å²) in [6.45, 7) is 4.32. The molecule has 0 unspecified atom stereocenters. The standard InChI is InChI=1S/C21H23FN4O2/c1-28-19-4-2-3-16(15-19)20(27)26-10-9-23-21(26)25-13-11-24(12-14-25)18-7-5-17(22)6-8-18/h2-8,15H,9-14H2,1H3. The number of rotatable bonds is 3. The summed E-state index contributed by atoms with van der Waals surface area (Å²) in [5.41, 5.74) is 1.61. The van der Waals surface area contributed by atoms with Crippen LogP contribution >= 0.6 is 0 Å². The minimum atomic E-state index is -0.227. The van der Waals surface area contributed by atoms with Gasteiger partial charge >= 0.3 is 0 Å². The summed E-state index contributed by atoms with van der Waals surface area (Å²) in [6, 6.07) is 13.8. The quantitative estimate of drug-likeness (QED) is 0.818. The van der Waals surface area contributed by atoms with Gasteiger partial charge in [0.1, 0.15) is 11.6 Å². The number of hydrogen-bond donors (Lipinski definition) is 0. The lowest BCUT2D eigenvalue weighted by molar-refractivity contribution is 0.0842. The van der Waals surface area contributed by atoms with E-state index in [2.05, 4.69) is 14.8 Å². The molecule has 28 heavy (non-hydrogen) atoms. The second kappa shape index (κ2) is 7.88. The Morgan fingerprint density at radius 1 is 1.00 bits per heavy atom. The van der Waals surface area contributed by atoms with Gasteiger partial charge in [-0.3, -0.25) is 14.7 Å². The Bertz CT molecular complexity index is 876. The molecule has 4 rings (SSSR count). The number of halogens is 1. The van der Waals surface area contributed by atoms with Crippen LogP contribution in [0.3, 0.4) is 0 Å². The Morgan fingerprint density at radius 3 is 2.43 bits per heavy atom. The average Bonchev–Trinajstić information content (AvgIpc) is 3.24. The summed E-state index contributed by atoms with van der Waals surface area (Å²) < 4.78 is 18.4. The zero-order chi connectivity index (χ0) is 19.5. The van der Waals surface area contributed by atoms with Gasteiger partial charge in [-0.2, -0.15) is 0 Å². The van der Waals surface area contributed by atoms with E-state index in [0.29, 0.717) is 24.4 Å². The van der Waals surface area contributed by atoms with E-state index in [1.54, 1.807) is 36.3 Å². The van der Waals surface area contributed by atoms with Gasteiger partial charge in [-0.1, -0.05) is 6.07 Å². The van der Waals surface area contributed by atoms with Gasteiger partial charge in [0.2, 0.25) is 5.96 Å². The van der Waals surface area contributed by atoms with Gasteiger partial charge in [-0.25, -0.2) is 4.39 Å². The van der Waals surface area contributed by atoms with Crippen LogP contribution in [0, 0.1) is 5.82 Å². The monoisotopic (exact) mass is 382 g/mol. The molecule has 2 aromatic carbocycles. The molecule has 7 heteroatoms. The minimum Gasteiger partial charge on any atom is -0.497 e. The maximum absolute atomic E-state index is 13.1. The Labute approximate surface area is 163 Å². The second-order valence-corrected chi connectivity index (χ2v) is 6.82. The number of carbonyl (C=O) groups is 1. The smallest absolute Gasteiger partial charge is 0.260 e. The first-order valence-corrected chi connectivity index (χ1v) is 9.41. The van der Waals surface area contributed by atoms with Crippen LogP contribution in [0.2, 0.25) is 0 Å². The number of piperazine rings is 1. The predicted octanol–water partition coefficient (Wildman–Crippen LogP) is 2.47. The van der Waals surface area contributed by atoms with Crippen molar-refractivity contribution in [3.05, 3.63) is 59.9 Å². The summed E-state index contributed by atoms with van der Waals surface area (Å²) in [5.74, 6) is 1.12. The van der Waals surface area contributed by atoms with Crippen molar-refractivity contribution in [1.82, 2.24) is 9.80 Å². The fraction of sp³-hybridized carbons (Fsp3) is 0.333. The van der Waals surface area contributed by atoms with Gasteiger partial charge in [0.15, 0.2) is 0 Å². The van der Waals surface area contributed by atoms with Crippen LogP contribution in [-0.4, -0.2) is 68.0 Å². The van der Waals surface area contributed by atoms with Crippen LogP contribution < -0.4 is 9.64 Å². The van der Waals surface area contributed by atoms with Gasteiger partial charge in [0.05, 0.1) is 13.7 Å². The largest absolute Gasteiger partial charge is 0.497 e. The van der Waals surface area contributed by atoms with Gasteiger partial charge in [-0.15, -0.1) is 0 Å². The molecular weight excluding hydrogens is 359 g/mol. The van der Waals surface area contributed by atoms with Crippen molar-refractivity contribution in [1.29, 1.82) is 0 Å². The average molecular weight is 382 g/mol. The van der Waals surface area contributed by atoms with E-state index in [1.165, 1.54) is 12.1 Å². The van der Waals surface area contributed by atoms with E-state index in [1.807, 2.05) is 12.1 Å². The van der Waals surface area contributed by atoms with Crippen molar-refractivity contribution in [2.24, 2.45) is 4.99 Å². The third-order valence-corrected chi connectivity index (χ3v) is 5.13. The molecule has 2 heterocycles. The van der Waals surface area contributed by atoms with Crippen LogP contribution in [0.5, 0.6) is 5.75 Å². The van der Waals surface area contributed by atoms with E-state index in [9.17, 15) is 9.18 Å². The fourth-order valence-electron chi connectivity index (χ4n) is 3.63. The van der Waals surface area contributed by atoms with Crippen LogP contribution in [-0.2, 0) is 0 Å². The number of hydrogen-bond acceptors (Lipinski definition) is 5. The SMILES string of the molecule is COc1cccc(C(=O)N2CCN=C2N2CCN(c3ccc(F)cc3)CC2)c1. The van der Waals surface area contributed by atoms with Crippen molar-refractivity contribution in [2.45, 2.75) is 0 Å². The van der Waals surface area contributed by atoms with Crippen molar-refractivity contribution < 1.29 is 13.9 Å². The number of nitrogens with zero attached hydrogens (tertiary/aromatic N) is 4. The Kier molecular flexibility index (Phi) is 5.14. The summed E-state index contributed by atoms with van der Waals surface area (Å²) >= 11 is 0. The summed E-state index contributed by atoms with van der Waals surface area (Å²) in [4.78, 5) is 23.7. The first-order valence-electron chi connectivity index (χ1n) is 9.41. The molecule has 0 radical (unpaired) electrons. The third kappa shape index (κ3) is 3.65. The predicted molar refractivity (Wildman–Crippen MR) is 107 cm³/mol. The van der Waals surface area contributed by atoms with Crippen molar-refractivity contribution >= 4 is 17.6 Å². The lowest BCUT2D eigenvalue weighted by atomic mass is 10.2. The molecule has 2 aliphatic heterocycles. The van der Waals surface area contributed by atoms with Crippen LogP contribution in [0.25, 0.3) is 0 Å². The van der Waals surface area contributed by atoms with Crippen molar-refractivity contribution in [2.75, 3.05) is 51.3 Å². The molecule has 0 aliphatic carbocycles. The maximum Gasteiger partial charge on any atom is 0.260 e. The maximum atomic E-state index is 13.1. The van der Waals surface area contributed by atoms with Gasteiger partial charge in [0, 0.05) is 44.0 Å². The molecule has 1 amide bonds. The van der Waals surface area contributed by atoms with E-state index in [0.717, 1.165) is 37.8 Å². The number of ether oxygens (including phenoxy) is 1. The van der Waals surface area contributed by atoms with E-state index in [-0.39, 0.29) is 11.7 Å². The Morgan fingerprint density at radius 2 is 1.71 bits per heavy atom.